The molecule has 2 rings (SSSR count). The van der Waals surface area contributed by atoms with Crippen LogP contribution >= 0.6 is 0 Å². The first kappa shape index (κ1) is 13.5. The molecule has 1 aromatic rings. The molecule has 0 bridgehead atoms. The molecule has 0 radical (unpaired) electrons. The predicted molar refractivity (Wildman–Crippen MR) is 67.8 cm³/mol. The van der Waals surface area contributed by atoms with Crippen LogP contribution in [0.5, 0.6) is 0 Å². The maximum Gasteiger partial charge on any atom is 0.324 e. The van der Waals surface area contributed by atoms with Crippen molar-refractivity contribution in [3.05, 3.63) is 35.6 Å². The number of nitrogens with zero attached hydrogens (tertiary/aromatic N) is 2. The summed E-state index contributed by atoms with van der Waals surface area (Å²) in [5.41, 5.74) is 0.793. The number of nitrogens with one attached hydrogen (secondary N) is 1. The van der Waals surface area contributed by atoms with Crippen LogP contribution in [0, 0.1) is 5.82 Å². The van der Waals surface area contributed by atoms with E-state index >= 15 is 0 Å². The fourth-order valence-electron chi connectivity index (χ4n) is 2.03. The van der Waals surface area contributed by atoms with Crippen molar-refractivity contribution in [2.45, 2.75) is 6.54 Å². The topological polar surface area (TPSA) is 52.7 Å². The van der Waals surface area contributed by atoms with Gasteiger partial charge in [0, 0.05) is 19.6 Å². The van der Waals surface area contributed by atoms with Gasteiger partial charge >= 0.3 is 6.03 Å². The average molecular weight is 265 g/mol. The lowest BCUT2D eigenvalue weighted by Gasteiger charge is -2.19. The van der Waals surface area contributed by atoms with E-state index in [9.17, 15) is 14.0 Å². The van der Waals surface area contributed by atoms with E-state index in [1.807, 2.05) is 0 Å². The third-order valence-electron chi connectivity index (χ3n) is 2.90. The zero-order valence-corrected chi connectivity index (χ0v) is 10.7. The molecule has 6 heteroatoms. The van der Waals surface area contributed by atoms with Crippen LogP contribution in [0.15, 0.2) is 24.3 Å². The van der Waals surface area contributed by atoms with Crippen molar-refractivity contribution in [3.8, 4) is 0 Å². The summed E-state index contributed by atoms with van der Waals surface area (Å²) in [7, 11) is 1.76. The molecule has 0 spiro atoms. The van der Waals surface area contributed by atoms with Crippen molar-refractivity contribution in [1.29, 1.82) is 0 Å². The summed E-state index contributed by atoms with van der Waals surface area (Å²) in [6.07, 6.45) is 0. The van der Waals surface area contributed by atoms with Gasteiger partial charge in [0.1, 0.15) is 5.82 Å². The van der Waals surface area contributed by atoms with Gasteiger partial charge < -0.3 is 5.32 Å². The number of carbonyl (C=O) groups excluding carboxylic acids is 2. The lowest BCUT2D eigenvalue weighted by molar-refractivity contribution is -0.128. The van der Waals surface area contributed by atoms with Crippen LogP contribution < -0.4 is 5.32 Å². The number of likely N-dealkylation sites (N-methyl/N-ethyl adjacent to an activating group) is 1. The van der Waals surface area contributed by atoms with E-state index in [1.54, 1.807) is 24.1 Å². The molecular weight excluding hydrogens is 249 g/mol. The van der Waals surface area contributed by atoms with Crippen molar-refractivity contribution in [3.63, 3.8) is 0 Å². The van der Waals surface area contributed by atoms with Gasteiger partial charge in [-0.05, 0) is 24.7 Å². The number of imide groups is 1. The average Bonchev–Trinajstić information content (AvgIpc) is 2.75. The van der Waals surface area contributed by atoms with Crippen molar-refractivity contribution in [2.75, 3.05) is 26.7 Å². The molecule has 0 unspecified atom stereocenters. The van der Waals surface area contributed by atoms with Crippen LogP contribution in [-0.2, 0) is 11.3 Å². The van der Waals surface area contributed by atoms with E-state index in [0.29, 0.717) is 19.6 Å². The van der Waals surface area contributed by atoms with Crippen molar-refractivity contribution < 1.29 is 14.0 Å². The number of carbonyl (C=O) groups is 2. The number of hydrogen-bond acceptors (Lipinski definition) is 3. The molecular formula is C13H16FN3O2. The molecule has 0 saturated carbocycles. The second kappa shape index (κ2) is 5.79. The Morgan fingerprint density at radius 1 is 1.53 bits per heavy atom. The van der Waals surface area contributed by atoms with E-state index in [-0.39, 0.29) is 24.3 Å². The number of halogens is 1. The second-order valence-electron chi connectivity index (χ2n) is 4.58. The molecule has 3 amide bonds. The summed E-state index contributed by atoms with van der Waals surface area (Å²) in [5, 5.41) is 2.58. The molecule has 19 heavy (non-hydrogen) atoms. The van der Waals surface area contributed by atoms with Crippen molar-refractivity contribution in [1.82, 2.24) is 15.1 Å². The van der Waals surface area contributed by atoms with Crippen molar-refractivity contribution >= 4 is 11.9 Å². The normalized spacial score (nSPS) is 14.9. The fourth-order valence-corrected chi connectivity index (χ4v) is 2.03. The maximum atomic E-state index is 13.0. The summed E-state index contributed by atoms with van der Waals surface area (Å²) < 4.78 is 13.0. The van der Waals surface area contributed by atoms with Gasteiger partial charge in [-0.2, -0.15) is 0 Å². The number of benzene rings is 1. The number of urea groups is 1. The molecule has 1 N–H and O–H groups in total. The third-order valence-corrected chi connectivity index (χ3v) is 2.90. The van der Waals surface area contributed by atoms with Crippen LogP contribution in [0.25, 0.3) is 0 Å². The molecule has 1 fully saturated rings. The molecule has 0 atom stereocenters. The fraction of sp³-hybridized carbons (Fsp3) is 0.385. The summed E-state index contributed by atoms with van der Waals surface area (Å²) >= 11 is 0. The standard InChI is InChI=1S/C13H16FN3O2/c1-16(8-10-3-2-4-11(14)7-10)9-12(18)17-6-5-15-13(17)19/h2-4,7H,5-6,8-9H2,1H3,(H,15,19). The number of amides is 3. The quantitative estimate of drug-likeness (QED) is 0.876. The van der Waals surface area contributed by atoms with Crippen LogP contribution in [0.4, 0.5) is 9.18 Å². The SMILES string of the molecule is CN(CC(=O)N1CCNC1=O)Cc1cccc(F)c1. The highest BCUT2D eigenvalue weighted by Gasteiger charge is 2.26. The lowest BCUT2D eigenvalue weighted by Crippen LogP contribution is -2.40. The van der Waals surface area contributed by atoms with E-state index in [2.05, 4.69) is 5.32 Å². The Morgan fingerprint density at radius 3 is 2.95 bits per heavy atom. The van der Waals surface area contributed by atoms with Crippen molar-refractivity contribution in [2.24, 2.45) is 0 Å². The highest BCUT2D eigenvalue weighted by atomic mass is 19.1. The van der Waals surface area contributed by atoms with E-state index in [0.717, 1.165) is 5.56 Å². The summed E-state index contributed by atoms with van der Waals surface area (Å²) in [6.45, 7) is 1.49. The lowest BCUT2D eigenvalue weighted by atomic mass is 10.2. The Morgan fingerprint density at radius 2 is 2.32 bits per heavy atom. The highest BCUT2D eigenvalue weighted by Crippen LogP contribution is 2.07. The Balaban J connectivity index is 1.89. The first-order valence-electron chi connectivity index (χ1n) is 6.07. The van der Waals surface area contributed by atoms with Gasteiger partial charge in [0.25, 0.3) is 0 Å². The Labute approximate surface area is 111 Å². The zero-order valence-electron chi connectivity index (χ0n) is 10.7. The molecule has 5 nitrogen and oxygen atoms in total. The Hall–Kier alpha value is -1.95. The van der Waals surface area contributed by atoms with Crippen LogP contribution in [0.1, 0.15) is 5.56 Å². The van der Waals surface area contributed by atoms with Gasteiger partial charge in [-0.1, -0.05) is 12.1 Å². The van der Waals surface area contributed by atoms with Gasteiger partial charge in [-0.25, -0.2) is 9.18 Å². The molecule has 1 aromatic carbocycles. The van der Waals surface area contributed by atoms with Gasteiger partial charge in [0.2, 0.25) is 5.91 Å². The largest absolute Gasteiger partial charge is 0.336 e. The van der Waals surface area contributed by atoms with Crippen LogP contribution in [0.3, 0.4) is 0 Å². The molecule has 1 saturated heterocycles. The Bertz CT molecular complexity index is 493. The molecule has 0 aliphatic carbocycles. The maximum absolute atomic E-state index is 13.0. The van der Waals surface area contributed by atoms with Crippen LogP contribution in [-0.4, -0.2) is 48.4 Å². The minimum absolute atomic E-state index is 0.129. The first-order chi connectivity index (χ1) is 9.06. The minimum atomic E-state index is -0.343. The monoisotopic (exact) mass is 265 g/mol. The summed E-state index contributed by atoms with van der Waals surface area (Å²) in [5.74, 6) is -0.537. The van der Waals surface area contributed by atoms with E-state index in [1.165, 1.54) is 17.0 Å². The second-order valence-corrected chi connectivity index (χ2v) is 4.58. The molecule has 1 aliphatic heterocycles. The van der Waals surface area contributed by atoms with E-state index in [4.69, 9.17) is 0 Å². The molecule has 102 valence electrons. The Kier molecular flexibility index (Phi) is 4.11. The first-order valence-corrected chi connectivity index (χ1v) is 6.07. The van der Waals surface area contributed by atoms with Crippen LogP contribution in [0.2, 0.25) is 0 Å². The zero-order chi connectivity index (χ0) is 13.8. The van der Waals surface area contributed by atoms with E-state index < -0.39 is 0 Å². The molecule has 0 aromatic heterocycles. The summed E-state index contributed by atoms with van der Waals surface area (Å²) in [6, 6.07) is 5.90. The summed E-state index contributed by atoms with van der Waals surface area (Å²) in [4.78, 5) is 26.1. The predicted octanol–water partition coefficient (Wildman–Crippen LogP) is 0.809. The van der Waals surface area contributed by atoms with Gasteiger partial charge in [0.15, 0.2) is 0 Å². The number of hydrogen-bond donors (Lipinski definition) is 1. The van der Waals surface area contributed by atoms with Gasteiger partial charge in [0.05, 0.1) is 6.54 Å². The highest BCUT2D eigenvalue weighted by molar-refractivity contribution is 5.96. The molecule has 1 heterocycles. The minimum Gasteiger partial charge on any atom is -0.336 e. The smallest absolute Gasteiger partial charge is 0.324 e. The molecule has 1 aliphatic rings. The third kappa shape index (κ3) is 3.51. The van der Waals surface area contributed by atoms with Gasteiger partial charge in [-0.3, -0.25) is 14.6 Å². The number of rotatable bonds is 4. The van der Waals surface area contributed by atoms with Gasteiger partial charge in [-0.15, -0.1) is 0 Å².